The lowest BCUT2D eigenvalue weighted by atomic mass is 10.0. The molecule has 3 aromatic rings. The zero-order valence-corrected chi connectivity index (χ0v) is 21.0. The van der Waals surface area contributed by atoms with Gasteiger partial charge in [-0.3, -0.25) is 5.32 Å². The monoisotopic (exact) mass is 522 g/mol. The molecule has 0 radical (unpaired) electrons. The van der Waals surface area contributed by atoms with Crippen molar-refractivity contribution in [3.63, 3.8) is 0 Å². The largest absolute Gasteiger partial charge is 0.495 e. The van der Waals surface area contributed by atoms with Crippen LogP contribution in [0.3, 0.4) is 0 Å². The predicted octanol–water partition coefficient (Wildman–Crippen LogP) is 5.70. The highest BCUT2D eigenvalue weighted by molar-refractivity contribution is 6.41. The van der Waals surface area contributed by atoms with Gasteiger partial charge in [0, 0.05) is 35.3 Å². The number of anilines is 1. The highest BCUT2D eigenvalue weighted by Gasteiger charge is 2.29. The van der Waals surface area contributed by atoms with Crippen molar-refractivity contribution in [2.45, 2.75) is 37.6 Å². The molecular formula is C24H25Cl3N4O3. The van der Waals surface area contributed by atoms with E-state index in [1.807, 2.05) is 6.07 Å². The van der Waals surface area contributed by atoms with Crippen molar-refractivity contribution in [2.24, 2.45) is 0 Å². The number of benzene rings is 2. The van der Waals surface area contributed by atoms with Crippen molar-refractivity contribution in [1.82, 2.24) is 15.3 Å². The van der Waals surface area contributed by atoms with Gasteiger partial charge in [-0.25, -0.2) is 9.97 Å². The van der Waals surface area contributed by atoms with E-state index in [0.29, 0.717) is 49.2 Å². The molecular weight excluding hydrogens is 499 g/mol. The number of rotatable bonds is 8. The molecule has 0 aliphatic heterocycles. The molecule has 180 valence electrons. The van der Waals surface area contributed by atoms with E-state index in [2.05, 4.69) is 27.2 Å². The quantitative estimate of drug-likeness (QED) is 0.258. The van der Waals surface area contributed by atoms with Crippen LogP contribution in [0.15, 0.2) is 37.1 Å². The van der Waals surface area contributed by atoms with Gasteiger partial charge in [0.2, 0.25) is 5.95 Å². The Morgan fingerprint density at radius 1 is 1.09 bits per heavy atom. The number of fused-ring (bicyclic) bond motifs is 1. The fraction of sp³-hybridized carbons (Fsp3) is 0.333. The van der Waals surface area contributed by atoms with E-state index in [9.17, 15) is 5.11 Å². The molecule has 0 bridgehead atoms. The third kappa shape index (κ3) is 4.90. The third-order valence-electron chi connectivity index (χ3n) is 5.94. The topological polar surface area (TPSA) is 88.5 Å². The van der Waals surface area contributed by atoms with Crippen molar-refractivity contribution >= 4 is 51.7 Å². The number of nitrogens with zero attached hydrogens (tertiary/aromatic N) is 2. The molecule has 3 N–H and O–H groups in total. The summed E-state index contributed by atoms with van der Waals surface area (Å²) in [6.07, 6.45) is 5.32. The van der Waals surface area contributed by atoms with Gasteiger partial charge in [0.1, 0.15) is 17.7 Å². The summed E-state index contributed by atoms with van der Waals surface area (Å²) in [6.45, 7) is 3.61. The van der Waals surface area contributed by atoms with Gasteiger partial charge in [-0.1, -0.05) is 41.4 Å². The van der Waals surface area contributed by atoms with Crippen molar-refractivity contribution in [1.29, 1.82) is 0 Å². The zero-order chi connectivity index (χ0) is 24.4. The minimum Gasteiger partial charge on any atom is -0.495 e. The van der Waals surface area contributed by atoms with Crippen molar-refractivity contribution < 1.29 is 14.6 Å². The average molecular weight is 524 g/mol. The van der Waals surface area contributed by atoms with Crippen molar-refractivity contribution in [2.75, 3.05) is 19.5 Å². The molecule has 1 fully saturated rings. The predicted molar refractivity (Wildman–Crippen MR) is 137 cm³/mol. The molecule has 10 heteroatoms. The molecule has 7 nitrogen and oxygen atoms in total. The lowest BCUT2D eigenvalue weighted by molar-refractivity contribution is 0.166. The lowest BCUT2D eigenvalue weighted by Gasteiger charge is -2.24. The maximum Gasteiger partial charge on any atom is 0.223 e. The van der Waals surface area contributed by atoms with Crippen LogP contribution in [0, 0.1) is 0 Å². The van der Waals surface area contributed by atoms with Crippen LogP contribution in [0.25, 0.3) is 22.0 Å². The molecule has 1 unspecified atom stereocenters. The Balaban J connectivity index is 1.68. The second-order valence-corrected chi connectivity index (χ2v) is 9.17. The summed E-state index contributed by atoms with van der Waals surface area (Å²) in [4.78, 5) is 9.12. The fourth-order valence-corrected chi connectivity index (χ4v) is 5.23. The molecule has 1 saturated carbocycles. The SMILES string of the molecule is C=CC(O)N[C@H]1CCC[C@H]1Nc1ncc2cc(-c3c(Cl)c(OC)cc(OC)c3Cl)cc(Cl)c2n1. The maximum absolute atomic E-state index is 9.86. The summed E-state index contributed by atoms with van der Waals surface area (Å²) < 4.78 is 10.8. The van der Waals surface area contributed by atoms with E-state index in [4.69, 9.17) is 44.3 Å². The number of halogens is 3. The first kappa shape index (κ1) is 24.8. The molecule has 2 aromatic carbocycles. The summed E-state index contributed by atoms with van der Waals surface area (Å²) in [5.74, 6) is 1.34. The van der Waals surface area contributed by atoms with Gasteiger partial charge < -0.3 is 19.9 Å². The molecule has 4 rings (SSSR count). The van der Waals surface area contributed by atoms with Crippen LogP contribution in [-0.2, 0) is 0 Å². The van der Waals surface area contributed by atoms with Gasteiger partial charge in [-0.15, -0.1) is 0 Å². The Bertz CT molecular complexity index is 1200. The second-order valence-electron chi connectivity index (χ2n) is 8.01. The fourth-order valence-electron chi connectivity index (χ4n) is 4.24. The maximum atomic E-state index is 9.86. The van der Waals surface area contributed by atoms with E-state index in [0.717, 1.165) is 24.6 Å². The summed E-state index contributed by atoms with van der Waals surface area (Å²) in [6, 6.07) is 5.42. The van der Waals surface area contributed by atoms with E-state index in [-0.39, 0.29) is 12.1 Å². The molecule has 1 heterocycles. The average Bonchev–Trinajstić information content (AvgIpc) is 3.26. The number of methoxy groups -OCH3 is 2. The van der Waals surface area contributed by atoms with Crippen LogP contribution >= 0.6 is 34.8 Å². The van der Waals surface area contributed by atoms with Gasteiger partial charge in [0.05, 0.1) is 34.8 Å². The number of nitrogens with one attached hydrogen (secondary N) is 2. The Labute approximate surface area is 213 Å². The lowest BCUT2D eigenvalue weighted by Crippen LogP contribution is -2.44. The summed E-state index contributed by atoms with van der Waals surface area (Å²) in [7, 11) is 3.05. The molecule has 1 aliphatic rings. The number of ether oxygens (including phenoxy) is 2. The number of hydrogen-bond donors (Lipinski definition) is 3. The first-order valence-corrected chi connectivity index (χ1v) is 11.9. The minimum absolute atomic E-state index is 0.0759. The zero-order valence-electron chi connectivity index (χ0n) is 18.7. The van der Waals surface area contributed by atoms with Crippen LogP contribution in [0.2, 0.25) is 15.1 Å². The number of aromatic nitrogens is 2. The van der Waals surface area contributed by atoms with E-state index < -0.39 is 6.23 Å². The van der Waals surface area contributed by atoms with Crippen molar-refractivity contribution in [3.05, 3.63) is 52.1 Å². The first-order chi connectivity index (χ1) is 16.4. The van der Waals surface area contributed by atoms with Crippen LogP contribution < -0.4 is 20.1 Å². The van der Waals surface area contributed by atoms with Gasteiger partial charge in [-0.05, 0) is 43.0 Å². The number of aliphatic hydroxyl groups is 1. The van der Waals surface area contributed by atoms with Crippen molar-refractivity contribution in [3.8, 4) is 22.6 Å². The van der Waals surface area contributed by atoms with E-state index in [1.165, 1.54) is 20.3 Å². The van der Waals surface area contributed by atoms with E-state index >= 15 is 0 Å². The highest BCUT2D eigenvalue weighted by Crippen LogP contribution is 2.47. The van der Waals surface area contributed by atoms with Crippen LogP contribution in [0.5, 0.6) is 11.5 Å². The molecule has 1 aliphatic carbocycles. The minimum atomic E-state index is -0.758. The Morgan fingerprint density at radius 2 is 1.76 bits per heavy atom. The van der Waals surface area contributed by atoms with Crippen LogP contribution in [0.1, 0.15) is 19.3 Å². The van der Waals surface area contributed by atoms with Gasteiger partial charge in [-0.2, -0.15) is 0 Å². The second kappa shape index (κ2) is 10.5. The summed E-state index contributed by atoms with van der Waals surface area (Å²) in [5, 5.41) is 18.2. The molecule has 3 atom stereocenters. The number of aliphatic hydroxyl groups excluding tert-OH is 1. The smallest absolute Gasteiger partial charge is 0.223 e. The first-order valence-electron chi connectivity index (χ1n) is 10.8. The van der Waals surface area contributed by atoms with E-state index in [1.54, 1.807) is 18.3 Å². The van der Waals surface area contributed by atoms with Gasteiger partial charge in [0.15, 0.2) is 0 Å². The summed E-state index contributed by atoms with van der Waals surface area (Å²) >= 11 is 19.8. The Morgan fingerprint density at radius 3 is 2.41 bits per heavy atom. The summed E-state index contributed by atoms with van der Waals surface area (Å²) in [5.41, 5.74) is 1.83. The Kier molecular flexibility index (Phi) is 7.70. The van der Waals surface area contributed by atoms with Gasteiger partial charge in [0.25, 0.3) is 0 Å². The third-order valence-corrected chi connectivity index (χ3v) is 6.98. The Hall–Kier alpha value is -2.29. The highest BCUT2D eigenvalue weighted by atomic mass is 35.5. The molecule has 0 spiro atoms. The normalized spacial score (nSPS) is 18.6. The molecule has 1 aromatic heterocycles. The molecule has 0 amide bonds. The van der Waals surface area contributed by atoms with Crippen LogP contribution in [-0.4, -0.2) is 47.6 Å². The standard InChI is InChI=1S/C24H25Cl3N4O3/c1-4-19(32)29-15-6-5-7-16(15)30-24-28-11-13-8-12(9-14(25)23(13)31-24)20-21(26)17(33-2)10-18(34-3)22(20)27/h4,8-11,15-16,19,29,32H,1,5-7H2,2-3H3,(H,28,30,31)/t15-,16+,19?/m0/s1. The van der Waals surface area contributed by atoms with Crippen LogP contribution in [0.4, 0.5) is 5.95 Å². The molecule has 34 heavy (non-hydrogen) atoms. The molecule has 0 saturated heterocycles. The number of hydrogen-bond acceptors (Lipinski definition) is 7. The van der Waals surface area contributed by atoms with Gasteiger partial charge >= 0.3 is 0 Å².